The van der Waals surface area contributed by atoms with Crippen molar-refractivity contribution in [1.82, 2.24) is 19.7 Å². The second kappa shape index (κ2) is 8.90. The molecule has 1 N–H and O–H groups in total. The molecule has 8 heteroatoms. The van der Waals surface area contributed by atoms with Gasteiger partial charge in [-0.15, -0.1) is 0 Å². The normalized spacial score (nSPS) is 16.2. The maximum absolute atomic E-state index is 13.3. The topological polar surface area (TPSA) is 57.6 Å². The number of benzene rings is 1. The van der Waals surface area contributed by atoms with Crippen LogP contribution in [0.2, 0.25) is 10.0 Å². The van der Waals surface area contributed by atoms with Gasteiger partial charge in [0, 0.05) is 37.1 Å². The highest BCUT2D eigenvalue weighted by Crippen LogP contribution is 2.35. The number of likely N-dealkylation sites (N-methyl/N-ethyl adjacent to an activating group) is 1. The molecule has 0 radical (unpaired) electrons. The maximum Gasteiger partial charge on any atom is 0.318 e. The first kappa shape index (κ1) is 22.5. The van der Waals surface area contributed by atoms with Gasteiger partial charge in [0.1, 0.15) is 6.54 Å². The van der Waals surface area contributed by atoms with Crippen LogP contribution in [0.3, 0.4) is 0 Å². The number of halogens is 2. The molecule has 162 valence electrons. The van der Waals surface area contributed by atoms with Crippen LogP contribution >= 0.6 is 23.2 Å². The number of nitrogens with one attached hydrogen (secondary N) is 1. The molecule has 0 bridgehead atoms. The van der Waals surface area contributed by atoms with Gasteiger partial charge in [0.25, 0.3) is 0 Å². The maximum atomic E-state index is 13.3. The predicted molar refractivity (Wildman–Crippen MR) is 120 cm³/mol. The Kier molecular flexibility index (Phi) is 6.68. The van der Waals surface area contributed by atoms with Gasteiger partial charge in [-0.05, 0) is 57.5 Å². The average molecular weight is 451 g/mol. The second-order valence-electron chi connectivity index (χ2n) is 8.48. The van der Waals surface area contributed by atoms with E-state index in [1.54, 1.807) is 12.1 Å². The lowest BCUT2D eigenvalue weighted by molar-refractivity contribution is -0.134. The third-order valence-electron chi connectivity index (χ3n) is 5.10. The highest BCUT2D eigenvalue weighted by atomic mass is 35.5. The van der Waals surface area contributed by atoms with Gasteiger partial charge in [-0.2, -0.15) is 0 Å². The summed E-state index contributed by atoms with van der Waals surface area (Å²) in [5.74, 6) is -0.107. The largest absolute Gasteiger partial charge is 0.348 e. The minimum Gasteiger partial charge on any atom is -0.348 e. The summed E-state index contributed by atoms with van der Waals surface area (Å²) in [5.41, 5.74) is 1.53. The zero-order valence-corrected chi connectivity index (χ0v) is 19.3. The summed E-state index contributed by atoms with van der Waals surface area (Å²) in [7, 11) is 0. The van der Waals surface area contributed by atoms with E-state index in [0.717, 1.165) is 11.3 Å². The molecule has 1 atom stereocenters. The highest BCUT2D eigenvalue weighted by Gasteiger charge is 2.33. The lowest BCUT2D eigenvalue weighted by Crippen LogP contribution is -2.52. The third kappa shape index (κ3) is 4.93. The van der Waals surface area contributed by atoms with Crippen molar-refractivity contribution < 1.29 is 9.59 Å². The van der Waals surface area contributed by atoms with Crippen LogP contribution in [0.15, 0.2) is 36.5 Å². The lowest BCUT2D eigenvalue weighted by atomic mass is 9.99. The number of carbonyl (C=O) groups is 2. The fourth-order valence-electron chi connectivity index (χ4n) is 3.67. The summed E-state index contributed by atoms with van der Waals surface area (Å²) in [6.07, 6.45) is 2.01. The molecule has 3 rings (SSSR count). The molecule has 0 saturated heterocycles. The summed E-state index contributed by atoms with van der Waals surface area (Å²) in [6.45, 7) is 9.31. The Hall–Kier alpha value is -2.18. The molecule has 1 aromatic heterocycles. The number of rotatable bonds is 4. The molecular formula is C22H28Cl2N4O2. The van der Waals surface area contributed by atoms with Crippen LogP contribution < -0.4 is 5.32 Å². The predicted octanol–water partition coefficient (Wildman–Crippen LogP) is 4.56. The van der Waals surface area contributed by atoms with Crippen LogP contribution in [0.25, 0.3) is 0 Å². The molecule has 1 unspecified atom stereocenters. The Bertz CT molecular complexity index is 935. The first-order valence-corrected chi connectivity index (χ1v) is 10.8. The Morgan fingerprint density at radius 1 is 1.17 bits per heavy atom. The van der Waals surface area contributed by atoms with Crippen LogP contribution in [-0.4, -0.2) is 51.5 Å². The van der Waals surface area contributed by atoms with Crippen molar-refractivity contribution in [3.63, 3.8) is 0 Å². The van der Waals surface area contributed by atoms with Crippen molar-refractivity contribution in [2.75, 3.05) is 19.6 Å². The summed E-state index contributed by atoms with van der Waals surface area (Å²) < 4.78 is 2.14. The van der Waals surface area contributed by atoms with Crippen molar-refractivity contribution in [1.29, 1.82) is 0 Å². The third-order valence-corrected chi connectivity index (χ3v) is 5.83. The number of fused-ring (bicyclic) bond motifs is 1. The van der Waals surface area contributed by atoms with E-state index in [0.29, 0.717) is 29.7 Å². The van der Waals surface area contributed by atoms with E-state index in [4.69, 9.17) is 23.2 Å². The zero-order chi connectivity index (χ0) is 22.1. The molecule has 0 saturated carbocycles. The lowest BCUT2D eigenvalue weighted by Gasteiger charge is -2.38. The number of carbonyl (C=O) groups excluding carboxylic acids is 2. The van der Waals surface area contributed by atoms with E-state index < -0.39 is 0 Å². The van der Waals surface area contributed by atoms with Crippen LogP contribution in [0.4, 0.5) is 4.79 Å². The number of aromatic nitrogens is 1. The molecule has 0 fully saturated rings. The van der Waals surface area contributed by atoms with Gasteiger partial charge in [-0.1, -0.05) is 29.3 Å². The van der Waals surface area contributed by atoms with Crippen molar-refractivity contribution in [2.24, 2.45) is 0 Å². The van der Waals surface area contributed by atoms with Gasteiger partial charge < -0.3 is 19.7 Å². The van der Waals surface area contributed by atoms with Crippen molar-refractivity contribution in [3.05, 3.63) is 57.8 Å². The molecule has 30 heavy (non-hydrogen) atoms. The number of nitrogens with zero attached hydrogens (tertiary/aromatic N) is 3. The van der Waals surface area contributed by atoms with E-state index in [-0.39, 0.29) is 30.1 Å². The summed E-state index contributed by atoms with van der Waals surface area (Å²) in [5, 5.41) is 3.85. The van der Waals surface area contributed by atoms with Crippen molar-refractivity contribution in [2.45, 2.75) is 45.8 Å². The Morgan fingerprint density at radius 2 is 1.90 bits per heavy atom. The molecule has 1 aromatic carbocycles. The zero-order valence-electron chi connectivity index (χ0n) is 17.8. The van der Waals surface area contributed by atoms with Gasteiger partial charge >= 0.3 is 6.03 Å². The van der Waals surface area contributed by atoms with Gasteiger partial charge in [0.05, 0.1) is 16.1 Å². The van der Waals surface area contributed by atoms with E-state index >= 15 is 0 Å². The standard InChI is InChI=1S/C22H28Cl2N4O2/c1-5-26(21(30)25-22(2,3)4)14-19(29)28-12-11-27-10-6-7-18(27)20(28)15-8-9-16(23)17(24)13-15/h6-10,13,20H,5,11-12,14H2,1-4H3,(H,25,30). The van der Waals surface area contributed by atoms with E-state index in [1.165, 1.54) is 4.90 Å². The Balaban J connectivity index is 1.88. The molecular weight excluding hydrogens is 423 g/mol. The molecule has 0 aliphatic carbocycles. The van der Waals surface area contributed by atoms with E-state index in [1.807, 2.05) is 57.0 Å². The molecule has 1 aliphatic rings. The fourth-order valence-corrected chi connectivity index (χ4v) is 3.97. The van der Waals surface area contributed by atoms with Crippen molar-refractivity contribution >= 4 is 35.1 Å². The van der Waals surface area contributed by atoms with Crippen LogP contribution in [0.1, 0.15) is 45.0 Å². The average Bonchev–Trinajstić information content (AvgIpc) is 3.14. The molecule has 2 aromatic rings. The first-order valence-electron chi connectivity index (χ1n) is 10.1. The van der Waals surface area contributed by atoms with Crippen LogP contribution in [-0.2, 0) is 11.3 Å². The second-order valence-corrected chi connectivity index (χ2v) is 9.30. The van der Waals surface area contributed by atoms with Gasteiger partial charge in [0.15, 0.2) is 0 Å². The molecule has 1 aliphatic heterocycles. The molecule has 3 amide bonds. The van der Waals surface area contributed by atoms with Gasteiger partial charge in [-0.25, -0.2) is 4.79 Å². The minimum absolute atomic E-state index is 0.0109. The number of amides is 3. The highest BCUT2D eigenvalue weighted by molar-refractivity contribution is 6.42. The van der Waals surface area contributed by atoms with E-state index in [2.05, 4.69) is 9.88 Å². The summed E-state index contributed by atoms with van der Waals surface area (Å²) in [6, 6.07) is 8.90. The van der Waals surface area contributed by atoms with Gasteiger partial charge in [0.2, 0.25) is 5.91 Å². The fraction of sp³-hybridized carbons (Fsp3) is 0.455. The summed E-state index contributed by atoms with van der Waals surface area (Å²) >= 11 is 12.4. The SMILES string of the molecule is CCN(CC(=O)N1CCn2cccc2C1c1ccc(Cl)c(Cl)c1)C(=O)NC(C)(C)C. The summed E-state index contributed by atoms with van der Waals surface area (Å²) in [4.78, 5) is 29.3. The monoisotopic (exact) mass is 450 g/mol. The quantitative estimate of drug-likeness (QED) is 0.741. The van der Waals surface area contributed by atoms with E-state index in [9.17, 15) is 9.59 Å². The first-order chi connectivity index (χ1) is 14.1. The molecule has 0 spiro atoms. The Morgan fingerprint density at radius 3 is 2.53 bits per heavy atom. The van der Waals surface area contributed by atoms with Gasteiger partial charge in [-0.3, -0.25) is 4.79 Å². The minimum atomic E-state index is -0.373. The molecule has 2 heterocycles. The van der Waals surface area contributed by atoms with Crippen LogP contribution in [0.5, 0.6) is 0 Å². The number of hydrogen-bond acceptors (Lipinski definition) is 2. The molecule has 6 nitrogen and oxygen atoms in total. The Labute approximate surface area is 187 Å². The number of urea groups is 1. The number of hydrogen-bond donors (Lipinski definition) is 1. The van der Waals surface area contributed by atoms with Crippen molar-refractivity contribution in [3.8, 4) is 0 Å². The smallest absolute Gasteiger partial charge is 0.318 e. The van der Waals surface area contributed by atoms with Crippen LogP contribution in [0, 0.1) is 0 Å².